The first kappa shape index (κ1) is 19.7. The van der Waals surface area contributed by atoms with Crippen LogP contribution in [0.4, 0.5) is 0 Å². The maximum Gasteiger partial charge on any atom is 0.192 e. The van der Waals surface area contributed by atoms with Crippen molar-refractivity contribution in [3.8, 4) is 17.1 Å². The molecule has 1 heterocycles. The third-order valence-electron chi connectivity index (χ3n) is 5.42. The number of carbonyl (C=O) groups is 1. The Hall–Kier alpha value is -2.60. The average Bonchev–Trinajstić information content (AvgIpc) is 3.39. The van der Waals surface area contributed by atoms with Crippen molar-refractivity contribution in [2.45, 2.75) is 50.1 Å². The van der Waals surface area contributed by atoms with Crippen LogP contribution < -0.4 is 4.74 Å². The number of nitrogens with zero attached hydrogens (tertiary/aromatic N) is 3. The van der Waals surface area contributed by atoms with Crippen LogP contribution in [0.25, 0.3) is 11.4 Å². The number of hydrogen-bond acceptors (Lipinski definition) is 5. The number of thioether (sulfide) groups is 1. The SMILES string of the molecule is CCn1c(S[C@@H](C)C(=O)c2ccc3c(c2)CCC3)nnc1-c1ccc(OC)cc1. The summed E-state index contributed by atoms with van der Waals surface area (Å²) < 4.78 is 7.29. The number of ketones is 1. The topological polar surface area (TPSA) is 57.0 Å². The highest BCUT2D eigenvalue weighted by molar-refractivity contribution is 8.00. The number of rotatable bonds is 7. The molecule has 0 saturated heterocycles. The Morgan fingerprint density at radius 1 is 1.14 bits per heavy atom. The molecule has 0 spiro atoms. The summed E-state index contributed by atoms with van der Waals surface area (Å²) in [7, 11) is 1.65. The molecule has 0 fully saturated rings. The lowest BCUT2D eigenvalue weighted by Crippen LogP contribution is -2.15. The number of methoxy groups -OCH3 is 1. The van der Waals surface area contributed by atoms with Gasteiger partial charge in [-0.2, -0.15) is 0 Å². The molecule has 1 aliphatic carbocycles. The number of hydrogen-bond donors (Lipinski definition) is 0. The largest absolute Gasteiger partial charge is 0.497 e. The lowest BCUT2D eigenvalue weighted by molar-refractivity contribution is 0.0993. The van der Waals surface area contributed by atoms with Gasteiger partial charge in [-0.15, -0.1) is 10.2 Å². The molecule has 0 unspecified atom stereocenters. The van der Waals surface area contributed by atoms with Gasteiger partial charge >= 0.3 is 0 Å². The van der Waals surface area contributed by atoms with E-state index in [4.69, 9.17) is 4.74 Å². The number of aromatic nitrogens is 3. The lowest BCUT2D eigenvalue weighted by atomic mass is 10.0. The Balaban J connectivity index is 1.54. The number of ether oxygens (including phenoxy) is 1. The minimum Gasteiger partial charge on any atom is -0.497 e. The van der Waals surface area contributed by atoms with Crippen molar-refractivity contribution < 1.29 is 9.53 Å². The minimum absolute atomic E-state index is 0.140. The molecule has 0 radical (unpaired) electrons. The molecular weight excluding hydrogens is 382 g/mol. The number of fused-ring (bicyclic) bond motifs is 1. The molecule has 0 N–H and O–H groups in total. The molecule has 6 heteroatoms. The van der Waals surface area contributed by atoms with Gasteiger partial charge in [0.05, 0.1) is 12.4 Å². The maximum absolute atomic E-state index is 13.0. The van der Waals surface area contributed by atoms with Crippen LogP contribution in [0.1, 0.15) is 41.8 Å². The molecule has 2 aromatic carbocycles. The first-order valence-electron chi connectivity index (χ1n) is 10.0. The van der Waals surface area contributed by atoms with E-state index in [1.807, 2.05) is 37.3 Å². The van der Waals surface area contributed by atoms with Gasteiger partial charge in [0, 0.05) is 17.7 Å². The van der Waals surface area contributed by atoms with Gasteiger partial charge < -0.3 is 9.30 Å². The zero-order valence-corrected chi connectivity index (χ0v) is 17.8. The van der Waals surface area contributed by atoms with Gasteiger partial charge in [0.1, 0.15) is 5.75 Å². The summed E-state index contributed by atoms with van der Waals surface area (Å²) >= 11 is 1.47. The minimum atomic E-state index is -0.229. The van der Waals surface area contributed by atoms with Crippen LogP contribution in [0, 0.1) is 0 Å². The first-order chi connectivity index (χ1) is 14.1. The fourth-order valence-electron chi connectivity index (χ4n) is 3.79. The molecular formula is C23H25N3O2S. The predicted octanol–water partition coefficient (Wildman–Crippen LogP) is 4.83. The second kappa shape index (κ2) is 8.41. The second-order valence-electron chi connectivity index (χ2n) is 7.24. The molecule has 0 bridgehead atoms. The summed E-state index contributed by atoms with van der Waals surface area (Å²) in [5.41, 5.74) is 4.48. The normalized spacial score (nSPS) is 13.9. The molecule has 0 saturated carbocycles. The predicted molar refractivity (Wildman–Crippen MR) is 116 cm³/mol. The van der Waals surface area contributed by atoms with E-state index >= 15 is 0 Å². The van der Waals surface area contributed by atoms with E-state index in [1.165, 1.54) is 29.3 Å². The molecule has 4 rings (SSSR count). The number of benzene rings is 2. The summed E-state index contributed by atoms with van der Waals surface area (Å²) in [4.78, 5) is 13.0. The van der Waals surface area contributed by atoms with Gasteiger partial charge in [-0.25, -0.2) is 0 Å². The Morgan fingerprint density at radius 3 is 2.62 bits per heavy atom. The molecule has 150 valence electrons. The highest BCUT2D eigenvalue weighted by atomic mass is 32.2. The van der Waals surface area contributed by atoms with Gasteiger partial charge in [0.15, 0.2) is 16.8 Å². The first-order valence-corrected chi connectivity index (χ1v) is 10.9. The van der Waals surface area contributed by atoms with E-state index in [2.05, 4.69) is 33.8 Å². The smallest absolute Gasteiger partial charge is 0.192 e. The zero-order valence-electron chi connectivity index (χ0n) is 17.0. The van der Waals surface area contributed by atoms with Crippen molar-refractivity contribution in [1.82, 2.24) is 14.8 Å². The van der Waals surface area contributed by atoms with Crippen molar-refractivity contribution in [3.63, 3.8) is 0 Å². The highest BCUT2D eigenvalue weighted by Gasteiger charge is 2.22. The maximum atomic E-state index is 13.0. The average molecular weight is 408 g/mol. The van der Waals surface area contributed by atoms with Gasteiger partial charge in [-0.1, -0.05) is 23.9 Å². The Morgan fingerprint density at radius 2 is 1.90 bits per heavy atom. The van der Waals surface area contributed by atoms with Gasteiger partial charge in [0.25, 0.3) is 0 Å². The summed E-state index contributed by atoms with van der Waals surface area (Å²) in [6.45, 7) is 4.74. The van der Waals surface area contributed by atoms with Gasteiger partial charge in [0.2, 0.25) is 0 Å². The van der Waals surface area contributed by atoms with Crippen molar-refractivity contribution >= 4 is 17.5 Å². The third-order valence-corrected chi connectivity index (χ3v) is 6.50. The summed E-state index contributed by atoms with van der Waals surface area (Å²) in [5.74, 6) is 1.75. The molecule has 0 aliphatic heterocycles. The molecule has 3 aromatic rings. The van der Waals surface area contributed by atoms with Crippen LogP contribution in [0.3, 0.4) is 0 Å². The van der Waals surface area contributed by atoms with Crippen LogP contribution in [0.2, 0.25) is 0 Å². The second-order valence-corrected chi connectivity index (χ2v) is 8.55. The number of aryl methyl sites for hydroxylation is 2. The van der Waals surface area contributed by atoms with Crippen LogP contribution in [-0.2, 0) is 19.4 Å². The van der Waals surface area contributed by atoms with E-state index in [0.29, 0.717) is 0 Å². The standard InChI is InChI=1S/C23H25N3O2S/c1-4-26-22(17-10-12-20(28-3)13-11-17)24-25-23(26)29-15(2)21(27)19-9-8-16-6-5-7-18(16)14-19/h8-15H,4-7H2,1-3H3/t15-/m0/s1. The molecule has 1 aromatic heterocycles. The summed E-state index contributed by atoms with van der Waals surface area (Å²) in [6.07, 6.45) is 3.39. The van der Waals surface area contributed by atoms with Crippen LogP contribution in [0.15, 0.2) is 47.6 Å². The van der Waals surface area contributed by atoms with Crippen molar-refractivity contribution in [3.05, 3.63) is 59.2 Å². The van der Waals surface area contributed by atoms with E-state index in [1.54, 1.807) is 7.11 Å². The van der Waals surface area contributed by atoms with Gasteiger partial charge in [-0.05, 0) is 74.6 Å². The lowest BCUT2D eigenvalue weighted by Gasteiger charge is -2.12. The monoisotopic (exact) mass is 407 g/mol. The zero-order chi connectivity index (χ0) is 20.4. The molecule has 0 amide bonds. The van der Waals surface area contributed by atoms with Gasteiger partial charge in [-0.3, -0.25) is 4.79 Å². The van der Waals surface area contributed by atoms with E-state index in [-0.39, 0.29) is 11.0 Å². The third kappa shape index (κ3) is 3.94. The van der Waals surface area contributed by atoms with Crippen LogP contribution >= 0.6 is 11.8 Å². The highest BCUT2D eigenvalue weighted by Crippen LogP contribution is 2.30. The van der Waals surface area contributed by atoms with E-state index < -0.39 is 0 Å². The fourth-order valence-corrected chi connectivity index (χ4v) is 4.78. The Kier molecular flexibility index (Phi) is 5.72. The van der Waals surface area contributed by atoms with Crippen molar-refractivity contribution in [2.24, 2.45) is 0 Å². The summed E-state index contributed by atoms with van der Waals surface area (Å²) in [5, 5.41) is 9.29. The van der Waals surface area contributed by atoms with Crippen molar-refractivity contribution in [1.29, 1.82) is 0 Å². The quantitative estimate of drug-likeness (QED) is 0.415. The Bertz CT molecular complexity index is 1030. The fraction of sp³-hybridized carbons (Fsp3) is 0.348. The summed E-state index contributed by atoms with van der Waals surface area (Å²) in [6, 6.07) is 13.9. The van der Waals surface area contributed by atoms with Crippen LogP contribution in [0.5, 0.6) is 5.75 Å². The molecule has 5 nitrogen and oxygen atoms in total. The molecule has 1 atom stereocenters. The van der Waals surface area contributed by atoms with Crippen molar-refractivity contribution in [2.75, 3.05) is 7.11 Å². The molecule has 1 aliphatic rings. The van der Waals surface area contributed by atoms with Crippen LogP contribution in [-0.4, -0.2) is 32.9 Å². The number of Topliss-reactive ketones (excluding diaryl/α,β-unsaturated/α-hetero) is 1. The van der Waals surface area contributed by atoms with E-state index in [0.717, 1.165) is 47.2 Å². The van der Waals surface area contributed by atoms with E-state index in [9.17, 15) is 4.79 Å². The number of carbonyl (C=O) groups excluding carboxylic acids is 1. The Labute approximate surface area is 175 Å². The molecule has 29 heavy (non-hydrogen) atoms.